The third kappa shape index (κ3) is 5.50. The van der Waals surface area contributed by atoms with E-state index in [1.54, 1.807) is 48.5 Å². The minimum Gasteiger partial charge on any atom is -0.483 e. The Balaban J connectivity index is 1.32. The molecular weight excluding hydrogens is 671 g/mol. The van der Waals surface area contributed by atoms with E-state index in [2.05, 4.69) is 26.2 Å². The fraction of sp³-hybridized carbons (Fsp3) is 0.172. The maximum Gasteiger partial charge on any atom is 0.418 e. The summed E-state index contributed by atoms with van der Waals surface area (Å²) < 4.78 is 46.7. The molecule has 0 saturated carbocycles. The number of carbonyl (C=O) groups is 3. The summed E-state index contributed by atoms with van der Waals surface area (Å²) in [6.07, 6.45) is -4.67. The Kier molecular flexibility index (Phi) is 7.69. The number of ether oxygens (including phenoxy) is 1. The van der Waals surface area contributed by atoms with Gasteiger partial charge in [0.2, 0.25) is 11.8 Å². The van der Waals surface area contributed by atoms with Gasteiger partial charge in [-0.15, -0.1) is 0 Å². The number of carbonyl (C=O) groups excluding carboxylic acids is 3. The number of fused-ring (bicyclic) bond motifs is 2. The topological polar surface area (TPSA) is 109 Å². The highest BCUT2D eigenvalue weighted by molar-refractivity contribution is 9.10. The highest BCUT2D eigenvalue weighted by Crippen LogP contribution is 2.54. The fourth-order valence-electron chi connectivity index (χ4n) is 5.23. The van der Waals surface area contributed by atoms with Crippen molar-refractivity contribution in [1.82, 2.24) is 4.98 Å². The lowest BCUT2D eigenvalue weighted by Gasteiger charge is -2.30. The Bertz CT molecular complexity index is 1810. The van der Waals surface area contributed by atoms with Crippen LogP contribution in [0.15, 0.2) is 87.1 Å². The van der Waals surface area contributed by atoms with Crippen LogP contribution >= 0.6 is 39.0 Å². The van der Waals surface area contributed by atoms with Crippen molar-refractivity contribution in [3.63, 3.8) is 0 Å². The van der Waals surface area contributed by atoms with Crippen molar-refractivity contribution in [3.8, 4) is 5.75 Å². The zero-order valence-corrected chi connectivity index (χ0v) is 24.9. The lowest BCUT2D eigenvalue weighted by atomic mass is 9.82. The summed E-state index contributed by atoms with van der Waals surface area (Å²) in [5, 5.41) is 1.87. The molecule has 0 unspecified atom stereocenters. The molecule has 220 valence electrons. The average molecular weight is 691 g/mol. The summed E-state index contributed by atoms with van der Waals surface area (Å²) in [5.74, 6) is -3.18. The smallest absolute Gasteiger partial charge is 0.418 e. The number of anilines is 2. The highest BCUT2D eigenvalue weighted by Gasteiger charge is 2.56. The maximum absolute atomic E-state index is 13.9. The van der Waals surface area contributed by atoms with E-state index >= 15 is 0 Å². The summed E-state index contributed by atoms with van der Waals surface area (Å²) >= 11 is 5.40. The van der Waals surface area contributed by atoms with Crippen LogP contribution in [0.2, 0.25) is 0 Å². The van der Waals surface area contributed by atoms with Crippen LogP contribution in [0.4, 0.5) is 24.5 Å². The molecule has 3 atom stereocenters. The van der Waals surface area contributed by atoms with Crippen LogP contribution in [0.25, 0.3) is 0 Å². The SMILES string of the molecule is O=C(COc1ccccc1[C@@H]1c2sc(=O)[nH]c2S[C@H]2C(=O)N(c3ccc(Br)cc3)C(=O)[C@@H]12)Nc1ccccc1C(F)(F)F. The molecule has 14 heteroatoms. The molecule has 1 saturated heterocycles. The number of thiazole rings is 1. The number of aromatic nitrogens is 1. The molecule has 0 aliphatic carbocycles. The molecule has 43 heavy (non-hydrogen) atoms. The van der Waals surface area contributed by atoms with Gasteiger partial charge in [0.05, 0.1) is 27.9 Å². The summed E-state index contributed by atoms with van der Waals surface area (Å²) in [6.45, 7) is -0.632. The molecule has 6 rings (SSSR count). The first-order valence-electron chi connectivity index (χ1n) is 12.7. The van der Waals surface area contributed by atoms with Crippen molar-refractivity contribution in [2.45, 2.75) is 22.4 Å². The van der Waals surface area contributed by atoms with Gasteiger partial charge in [-0.1, -0.05) is 69.4 Å². The van der Waals surface area contributed by atoms with Crippen LogP contribution in [0.3, 0.4) is 0 Å². The molecule has 0 spiro atoms. The van der Waals surface area contributed by atoms with Gasteiger partial charge in [0.1, 0.15) is 11.0 Å². The number of hydrogen-bond acceptors (Lipinski definition) is 7. The molecule has 4 aromatic rings. The van der Waals surface area contributed by atoms with Crippen LogP contribution in [-0.4, -0.2) is 34.6 Å². The van der Waals surface area contributed by atoms with Gasteiger partial charge in [0.15, 0.2) is 6.61 Å². The number of nitrogens with zero attached hydrogens (tertiary/aromatic N) is 1. The second-order valence-electron chi connectivity index (χ2n) is 9.66. The quantitative estimate of drug-likeness (QED) is 0.240. The van der Waals surface area contributed by atoms with E-state index in [9.17, 15) is 32.3 Å². The van der Waals surface area contributed by atoms with E-state index in [0.717, 1.165) is 44.6 Å². The second-order valence-corrected chi connectivity index (χ2v) is 12.7. The van der Waals surface area contributed by atoms with Crippen LogP contribution in [0.1, 0.15) is 21.9 Å². The summed E-state index contributed by atoms with van der Waals surface area (Å²) in [7, 11) is 0. The van der Waals surface area contributed by atoms with Crippen LogP contribution in [0.5, 0.6) is 5.75 Å². The molecule has 0 radical (unpaired) electrons. The molecule has 0 bridgehead atoms. The number of para-hydroxylation sites is 2. The molecule has 8 nitrogen and oxygen atoms in total. The van der Waals surface area contributed by atoms with Gasteiger partial charge in [-0.25, -0.2) is 4.90 Å². The highest BCUT2D eigenvalue weighted by atomic mass is 79.9. The number of alkyl halides is 3. The zero-order valence-electron chi connectivity index (χ0n) is 21.7. The van der Waals surface area contributed by atoms with Crippen molar-refractivity contribution >= 4 is 68.1 Å². The number of nitrogens with one attached hydrogen (secondary N) is 2. The predicted molar refractivity (Wildman–Crippen MR) is 159 cm³/mol. The Morgan fingerprint density at radius 1 is 0.977 bits per heavy atom. The first-order chi connectivity index (χ1) is 20.5. The first kappa shape index (κ1) is 29.2. The Hall–Kier alpha value is -3.88. The summed E-state index contributed by atoms with van der Waals surface area (Å²) in [4.78, 5) is 56.8. The van der Waals surface area contributed by atoms with Gasteiger partial charge in [-0.05, 0) is 42.5 Å². The lowest BCUT2D eigenvalue weighted by molar-refractivity contribution is -0.137. The third-order valence-corrected chi connectivity index (χ3v) is 9.96. The monoisotopic (exact) mass is 689 g/mol. The van der Waals surface area contributed by atoms with E-state index in [-0.39, 0.29) is 10.6 Å². The van der Waals surface area contributed by atoms with Gasteiger partial charge < -0.3 is 15.0 Å². The minimum absolute atomic E-state index is 0.187. The number of aromatic amines is 1. The molecular formula is C29H19BrF3N3O5S2. The Morgan fingerprint density at radius 2 is 1.67 bits per heavy atom. The van der Waals surface area contributed by atoms with E-state index in [4.69, 9.17) is 4.74 Å². The number of thioether (sulfide) groups is 1. The van der Waals surface area contributed by atoms with Crippen LogP contribution in [0, 0.1) is 5.92 Å². The molecule has 1 aromatic heterocycles. The van der Waals surface area contributed by atoms with Gasteiger partial charge in [-0.3, -0.25) is 19.2 Å². The van der Waals surface area contributed by atoms with Crippen molar-refractivity contribution in [2.75, 3.05) is 16.8 Å². The standard InChI is InChI=1S/C29H19BrF3N3O5S2/c30-14-9-11-15(12-10-14)36-26(38)22-21(23-25(35-28(40)43-23)42-24(22)27(36)39)16-5-1-4-8-19(16)41-13-20(37)34-18-7-3-2-6-17(18)29(31,32)33/h1-12,21-22,24H,13H2,(H,34,37)(H,35,40)/t21-,22-,24+/m0/s1. The minimum atomic E-state index is -4.67. The third-order valence-electron chi connectivity index (χ3n) is 7.03. The number of halogens is 4. The number of hydrogen-bond donors (Lipinski definition) is 2. The second kappa shape index (κ2) is 11.3. The van der Waals surface area contributed by atoms with E-state index in [1.807, 2.05) is 0 Å². The number of rotatable bonds is 6. The molecule has 3 amide bonds. The first-order valence-corrected chi connectivity index (χ1v) is 15.2. The molecule has 2 N–H and O–H groups in total. The summed E-state index contributed by atoms with van der Waals surface area (Å²) in [6, 6.07) is 17.9. The van der Waals surface area contributed by atoms with Crippen LogP contribution < -0.4 is 19.8 Å². The number of H-pyrrole nitrogens is 1. The van der Waals surface area contributed by atoms with Crippen LogP contribution in [-0.2, 0) is 20.6 Å². The molecule has 3 heterocycles. The van der Waals surface area contributed by atoms with E-state index in [1.165, 1.54) is 12.1 Å². The van der Waals surface area contributed by atoms with Gasteiger partial charge in [-0.2, -0.15) is 13.2 Å². The predicted octanol–water partition coefficient (Wildman–Crippen LogP) is 6.03. The van der Waals surface area contributed by atoms with E-state index in [0.29, 0.717) is 21.2 Å². The molecule has 1 fully saturated rings. The summed E-state index contributed by atoms with van der Waals surface area (Å²) in [5.41, 5.74) is -0.543. The Labute approximate surface area is 258 Å². The van der Waals surface area contributed by atoms with Gasteiger partial charge in [0.25, 0.3) is 5.91 Å². The van der Waals surface area contributed by atoms with Crippen molar-refractivity contribution in [3.05, 3.63) is 103 Å². The maximum atomic E-state index is 13.9. The molecule has 2 aliphatic heterocycles. The Morgan fingerprint density at radius 3 is 2.42 bits per heavy atom. The number of benzene rings is 3. The average Bonchev–Trinajstić information content (AvgIpc) is 3.46. The molecule has 3 aromatic carbocycles. The number of imide groups is 1. The fourth-order valence-corrected chi connectivity index (χ4v) is 8.01. The lowest BCUT2D eigenvalue weighted by Crippen LogP contribution is -2.32. The van der Waals surface area contributed by atoms with Crippen molar-refractivity contribution in [1.29, 1.82) is 0 Å². The molecule has 2 aliphatic rings. The van der Waals surface area contributed by atoms with Gasteiger partial charge >= 0.3 is 11.0 Å². The zero-order chi connectivity index (χ0) is 30.5. The largest absolute Gasteiger partial charge is 0.483 e. The normalized spacial score (nSPS) is 19.6. The van der Waals surface area contributed by atoms with Gasteiger partial charge in [0, 0.05) is 20.8 Å². The van der Waals surface area contributed by atoms with Crippen molar-refractivity contribution in [2.24, 2.45) is 5.92 Å². The number of amides is 3. The van der Waals surface area contributed by atoms with E-state index < -0.39 is 58.8 Å². The van der Waals surface area contributed by atoms with Crippen molar-refractivity contribution < 1.29 is 32.3 Å².